The number of thiophene rings is 1. The second-order valence-corrected chi connectivity index (χ2v) is 6.86. The first-order chi connectivity index (χ1) is 9.59. The molecule has 2 nitrogen and oxygen atoms in total. The van der Waals surface area contributed by atoms with Crippen molar-refractivity contribution in [1.82, 2.24) is 10.2 Å². The lowest BCUT2D eigenvalue weighted by Crippen LogP contribution is -2.21. The molecule has 0 spiro atoms. The highest BCUT2D eigenvalue weighted by atomic mass is 32.1. The van der Waals surface area contributed by atoms with E-state index in [2.05, 4.69) is 62.4 Å². The minimum absolute atomic E-state index is 0.451. The summed E-state index contributed by atoms with van der Waals surface area (Å²) in [6, 6.07) is 9.16. The minimum atomic E-state index is 0.451. The monoisotopic (exact) mass is 290 g/mol. The van der Waals surface area contributed by atoms with Crippen molar-refractivity contribution < 1.29 is 0 Å². The summed E-state index contributed by atoms with van der Waals surface area (Å²) < 4.78 is 1.40. The van der Waals surface area contributed by atoms with Gasteiger partial charge in [-0.1, -0.05) is 18.2 Å². The Morgan fingerprint density at radius 2 is 1.95 bits per heavy atom. The number of benzene rings is 1. The van der Waals surface area contributed by atoms with Gasteiger partial charge in [0, 0.05) is 15.6 Å². The number of aryl methyl sites for hydroxylation is 1. The molecule has 0 fully saturated rings. The lowest BCUT2D eigenvalue weighted by atomic mass is 10.1. The molecule has 0 bridgehead atoms. The van der Waals surface area contributed by atoms with Crippen LogP contribution in [0.2, 0.25) is 0 Å². The highest BCUT2D eigenvalue weighted by Gasteiger charge is 2.13. The molecule has 2 aromatic rings. The van der Waals surface area contributed by atoms with Crippen molar-refractivity contribution in [2.24, 2.45) is 0 Å². The van der Waals surface area contributed by atoms with Crippen LogP contribution in [0.3, 0.4) is 0 Å². The third kappa shape index (κ3) is 3.81. The van der Waals surface area contributed by atoms with Gasteiger partial charge in [-0.05, 0) is 70.9 Å². The summed E-state index contributed by atoms with van der Waals surface area (Å²) in [6.07, 6.45) is 2.50. The molecule has 0 amide bonds. The van der Waals surface area contributed by atoms with E-state index in [1.807, 2.05) is 11.3 Å². The van der Waals surface area contributed by atoms with E-state index >= 15 is 0 Å². The Bertz CT molecular complexity index is 545. The van der Waals surface area contributed by atoms with E-state index in [-0.39, 0.29) is 0 Å². The van der Waals surface area contributed by atoms with Crippen molar-refractivity contribution >= 4 is 21.4 Å². The van der Waals surface area contributed by atoms with Crippen LogP contribution in [-0.4, -0.2) is 32.1 Å². The van der Waals surface area contributed by atoms with Gasteiger partial charge in [-0.3, -0.25) is 0 Å². The molecule has 0 aliphatic carbocycles. The van der Waals surface area contributed by atoms with E-state index in [0.29, 0.717) is 6.04 Å². The van der Waals surface area contributed by atoms with E-state index in [1.54, 1.807) is 0 Å². The molecule has 1 heterocycles. The molecule has 0 radical (unpaired) electrons. The molecule has 2 rings (SSSR count). The van der Waals surface area contributed by atoms with E-state index in [0.717, 1.165) is 6.54 Å². The number of unbranched alkanes of at least 4 members (excludes halogenated alkanes) is 1. The molecule has 1 aromatic heterocycles. The maximum absolute atomic E-state index is 3.67. The zero-order valence-corrected chi connectivity index (χ0v) is 13.9. The average molecular weight is 290 g/mol. The number of rotatable bonds is 7. The second kappa shape index (κ2) is 7.21. The summed E-state index contributed by atoms with van der Waals surface area (Å²) in [6.45, 7) is 6.81. The van der Waals surface area contributed by atoms with Gasteiger partial charge in [0.25, 0.3) is 0 Å². The van der Waals surface area contributed by atoms with Gasteiger partial charge >= 0.3 is 0 Å². The molecule has 0 saturated heterocycles. The fourth-order valence-electron chi connectivity index (χ4n) is 2.57. The zero-order valence-electron chi connectivity index (χ0n) is 13.1. The Balaban J connectivity index is 1.91. The van der Waals surface area contributed by atoms with Crippen molar-refractivity contribution in [1.29, 1.82) is 0 Å². The number of hydrogen-bond donors (Lipinski definition) is 1. The lowest BCUT2D eigenvalue weighted by Gasteiger charge is -2.14. The molecule has 0 aliphatic heterocycles. The molecular weight excluding hydrogens is 264 g/mol. The third-order valence-corrected chi connectivity index (χ3v) is 5.21. The van der Waals surface area contributed by atoms with Crippen molar-refractivity contribution in [2.75, 3.05) is 27.2 Å². The summed E-state index contributed by atoms with van der Waals surface area (Å²) in [5, 5.41) is 5.08. The summed E-state index contributed by atoms with van der Waals surface area (Å²) in [5.41, 5.74) is 1.44. The van der Waals surface area contributed by atoms with Crippen LogP contribution in [0.1, 0.15) is 36.2 Å². The van der Waals surface area contributed by atoms with Gasteiger partial charge in [-0.25, -0.2) is 0 Å². The van der Waals surface area contributed by atoms with Crippen LogP contribution in [0, 0.1) is 6.92 Å². The Hall–Kier alpha value is -0.900. The fraction of sp³-hybridized carbons (Fsp3) is 0.529. The molecule has 3 heteroatoms. The molecule has 1 N–H and O–H groups in total. The van der Waals surface area contributed by atoms with Crippen molar-refractivity contribution in [3.8, 4) is 0 Å². The maximum atomic E-state index is 3.67. The van der Waals surface area contributed by atoms with Gasteiger partial charge < -0.3 is 10.2 Å². The molecule has 20 heavy (non-hydrogen) atoms. The minimum Gasteiger partial charge on any atom is -0.309 e. The Kier molecular flexibility index (Phi) is 5.58. The van der Waals surface area contributed by atoms with Gasteiger partial charge in [0.2, 0.25) is 0 Å². The second-order valence-electron chi connectivity index (χ2n) is 5.77. The van der Waals surface area contributed by atoms with Crippen LogP contribution >= 0.6 is 11.3 Å². The van der Waals surface area contributed by atoms with E-state index < -0.39 is 0 Å². The smallest absolute Gasteiger partial charge is 0.0389 e. The maximum Gasteiger partial charge on any atom is 0.0389 e. The van der Waals surface area contributed by atoms with E-state index in [4.69, 9.17) is 0 Å². The van der Waals surface area contributed by atoms with E-state index in [1.165, 1.54) is 39.9 Å². The normalized spacial score (nSPS) is 13.2. The molecule has 1 aromatic carbocycles. The number of fused-ring (bicyclic) bond motifs is 1. The van der Waals surface area contributed by atoms with Gasteiger partial charge in [0.15, 0.2) is 0 Å². The standard InChI is InChI=1S/C17H26N2S/c1-13-15-9-5-6-10-16(15)20-17(13)14(2)18-11-7-8-12-19(3)4/h5-6,9-10,14,18H,7-8,11-12H2,1-4H3. The fourth-order valence-corrected chi connectivity index (χ4v) is 3.81. The molecular formula is C17H26N2S. The van der Waals surface area contributed by atoms with Crippen LogP contribution in [0.5, 0.6) is 0 Å². The molecule has 1 atom stereocenters. The van der Waals surface area contributed by atoms with E-state index in [9.17, 15) is 0 Å². The van der Waals surface area contributed by atoms with Gasteiger partial charge in [0.05, 0.1) is 0 Å². The Labute approximate surface area is 126 Å². The predicted octanol–water partition coefficient (Wildman–Crippen LogP) is 4.20. The summed E-state index contributed by atoms with van der Waals surface area (Å²) in [4.78, 5) is 3.73. The predicted molar refractivity (Wildman–Crippen MR) is 90.8 cm³/mol. The van der Waals surface area contributed by atoms with Crippen molar-refractivity contribution in [2.45, 2.75) is 32.7 Å². The zero-order chi connectivity index (χ0) is 14.5. The molecule has 110 valence electrons. The van der Waals surface area contributed by atoms with Crippen LogP contribution in [0.15, 0.2) is 24.3 Å². The highest BCUT2D eigenvalue weighted by molar-refractivity contribution is 7.19. The first-order valence-corrected chi connectivity index (χ1v) is 8.27. The number of nitrogens with one attached hydrogen (secondary N) is 1. The molecule has 0 saturated carbocycles. The van der Waals surface area contributed by atoms with Gasteiger partial charge in [0.1, 0.15) is 0 Å². The van der Waals surface area contributed by atoms with Crippen molar-refractivity contribution in [3.63, 3.8) is 0 Å². The van der Waals surface area contributed by atoms with Crippen LogP contribution < -0.4 is 5.32 Å². The largest absolute Gasteiger partial charge is 0.309 e. The number of hydrogen-bond acceptors (Lipinski definition) is 3. The highest BCUT2D eigenvalue weighted by Crippen LogP contribution is 2.34. The SMILES string of the molecule is Cc1c(C(C)NCCCCN(C)C)sc2ccccc12. The van der Waals surface area contributed by atoms with Crippen LogP contribution in [0.4, 0.5) is 0 Å². The molecule has 0 aliphatic rings. The first-order valence-electron chi connectivity index (χ1n) is 7.45. The Morgan fingerprint density at radius 1 is 1.20 bits per heavy atom. The Morgan fingerprint density at radius 3 is 2.65 bits per heavy atom. The molecule has 1 unspecified atom stereocenters. The average Bonchev–Trinajstić information content (AvgIpc) is 2.76. The summed E-state index contributed by atoms with van der Waals surface area (Å²) in [5.74, 6) is 0. The third-order valence-electron chi connectivity index (χ3n) is 3.76. The quantitative estimate of drug-likeness (QED) is 0.769. The topological polar surface area (TPSA) is 15.3 Å². The summed E-state index contributed by atoms with van der Waals surface area (Å²) >= 11 is 1.93. The van der Waals surface area contributed by atoms with Crippen LogP contribution in [0.25, 0.3) is 10.1 Å². The van der Waals surface area contributed by atoms with Gasteiger partial charge in [-0.15, -0.1) is 11.3 Å². The van der Waals surface area contributed by atoms with Gasteiger partial charge in [-0.2, -0.15) is 0 Å². The van der Waals surface area contributed by atoms with Crippen molar-refractivity contribution in [3.05, 3.63) is 34.7 Å². The lowest BCUT2D eigenvalue weighted by molar-refractivity contribution is 0.389. The number of nitrogens with zero attached hydrogens (tertiary/aromatic N) is 1. The summed E-state index contributed by atoms with van der Waals surface area (Å²) in [7, 11) is 4.27. The van der Waals surface area contributed by atoms with Crippen LogP contribution in [-0.2, 0) is 0 Å². The first kappa shape index (κ1) is 15.5.